The molecule has 0 atom stereocenters. The van der Waals surface area contributed by atoms with E-state index in [4.69, 9.17) is 16.4 Å². The van der Waals surface area contributed by atoms with Crippen molar-refractivity contribution in [2.24, 2.45) is 0 Å². The number of carboxylic acids is 1. The van der Waals surface area contributed by atoms with E-state index in [1.807, 2.05) is 0 Å². The minimum Gasteiger partial charge on any atom is -0.503 e. The van der Waals surface area contributed by atoms with Gasteiger partial charge in [-0.3, -0.25) is 0 Å². The maximum atomic E-state index is 12.8. The molecule has 2 aromatic rings. The summed E-state index contributed by atoms with van der Waals surface area (Å²) in [6, 6.07) is 0. The summed E-state index contributed by atoms with van der Waals surface area (Å²) in [5, 5.41) is 15.8. The van der Waals surface area contributed by atoms with E-state index in [0.717, 1.165) is 0 Å². The van der Waals surface area contributed by atoms with Crippen LogP contribution in [0.4, 0.5) is 43.9 Å². The minimum absolute atomic E-state index is 1.22. The van der Waals surface area contributed by atoms with E-state index in [0.29, 0.717) is 0 Å². The molecule has 35 heavy (non-hydrogen) atoms. The number of rotatable bonds is 1. The van der Waals surface area contributed by atoms with Crippen molar-refractivity contribution in [1.29, 1.82) is 0 Å². The standard InChI is InChI=1S/C9HF5O2.C6HF5O.C3H2O2.C2H2/c1-2-3(15)16-9-7(13)5(11)4(10)6(12)8(9)14;7-1-2(8)4(10)6(12)5(11)3(1)9;1-2-3(4)5;1-2/h1H;12H;1H,(H,4,5);1-2H/i;;;1D. The summed E-state index contributed by atoms with van der Waals surface area (Å²) in [7, 11) is 0. The quantitative estimate of drug-likeness (QED) is 0.114. The van der Waals surface area contributed by atoms with E-state index in [2.05, 4.69) is 24.0 Å². The number of aliphatic carboxylic acids is 1. The second-order valence-electron chi connectivity index (χ2n) is 4.80. The number of halogens is 10. The Labute approximate surface area is 190 Å². The third kappa shape index (κ3) is 8.22. The molecule has 0 fully saturated rings. The highest BCUT2D eigenvalue weighted by Gasteiger charge is 2.28. The van der Waals surface area contributed by atoms with Gasteiger partial charge in [0.15, 0.2) is 5.75 Å². The first-order chi connectivity index (χ1) is 16.5. The highest BCUT2D eigenvalue weighted by Crippen LogP contribution is 2.29. The number of carbonyl (C=O) groups excluding carboxylic acids is 1. The van der Waals surface area contributed by atoms with Crippen LogP contribution in [0.2, 0.25) is 0 Å². The zero-order valence-electron chi connectivity index (χ0n) is 17.1. The molecular weight excluding hydrogens is 510 g/mol. The van der Waals surface area contributed by atoms with E-state index < -0.39 is 81.6 Å². The lowest BCUT2D eigenvalue weighted by Gasteiger charge is -2.06. The van der Waals surface area contributed by atoms with Gasteiger partial charge in [0.2, 0.25) is 63.9 Å². The third-order valence-corrected chi connectivity index (χ3v) is 2.79. The number of terminal acetylenes is 3. The smallest absolute Gasteiger partial charge is 0.389 e. The molecule has 0 bridgehead atoms. The predicted octanol–water partition coefficient (Wildman–Crippen LogP) is 3.96. The van der Waals surface area contributed by atoms with Crippen LogP contribution in [0.5, 0.6) is 11.5 Å². The molecule has 0 amide bonds. The molecule has 2 N–H and O–H groups in total. The number of hydrogen-bond donors (Lipinski definition) is 2. The van der Waals surface area contributed by atoms with Gasteiger partial charge in [-0.05, 0) is 0 Å². The highest BCUT2D eigenvalue weighted by molar-refractivity contribution is 5.89. The number of carboxylic acid groups (broad SMARTS) is 1. The largest absolute Gasteiger partial charge is 0.503 e. The molecular formula is C20H6F10O5. The van der Waals surface area contributed by atoms with Crippen molar-refractivity contribution in [2.45, 2.75) is 0 Å². The number of hydrogen-bond acceptors (Lipinski definition) is 4. The lowest BCUT2D eigenvalue weighted by atomic mass is 10.2. The highest BCUT2D eigenvalue weighted by atomic mass is 19.2. The van der Waals surface area contributed by atoms with Gasteiger partial charge in [0.05, 0.1) is 0 Å². The average molecular weight is 517 g/mol. The van der Waals surface area contributed by atoms with Crippen molar-refractivity contribution < 1.29 is 69.8 Å². The van der Waals surface area contributed by atoms with Gasteiger partial charge in [-0.25, -0.2) is 35.9 Å². The first-order valence-corrected chi connectivity index (χ1v) is 7.52. The molecule has 0 saturated carbocycles. The van der Waals surface area contributed by atoms with Crippen LogP contribution in [0.3, 0.4) is 0 Å². The summed E-state index contributed by atoms with van der Waals surface area (Å²) in [6.07, 6.45) is 14.6. The third-order valence-electron chi connectivity index (χ3n) is 2.79. The number of esters is 1. The normalized spacial score (nSPS) is 9.06. The van der Waals surface area contributed by atoms with Crippen molar-refractivity contribution in [3.05, 3.63) is 58.2 Å². The van der Waals surface area contributed by atoms with Gasteiger partial charge in [-0.15, -0.1) is 25.7 Å². The number of carbonyl (C=O) groups is 2. The molecule has 0 saturated heterocycles. The van der Waals surface area contributed by atoms with Crippen LogP contribution in [-0.2, 0) is 9.59 Å². The zero-order valence-corrected chi connectivity index (χ0v) is 16.1. The minimum atomic E-state index is -2.35. The molecule has 0 radical (unpaired) electrons. The second-order valence-corrected chi connectivity index (χ2v) is 4.80. The number of phenols is 1. The molecule has 0 aliphatic carbocycles. The Kier molecular flexibility index (Phi) is 12.4. The van der Waals surface area contributed by atoms with Crippen LogP contribution in [0, 0.1) is 95.7 Å². The van der Waals surface area contributed by atoms with E-state index in [9.17, 15) is 48.7 Å². The first-order valence-electron chi connectivity index (χ1n) is 8.02. The van der Waals surface area contributed by atoms with E-state index in [1.165, 1.54) is 18.2 Å². The van der Waals surface area contributed by atoms with Crippen LogP contribution >= 0.6 is 0 Å². The van der Waals surface area contributed by atoms with Gasteiger partial charge < -0.3 is 14.9 Å². The fourth-order valence-corrected chi connectivity index (χ4v) is 1.39. The maximum Gasteiger partial charge on any atom is 0.389 e. The van der Waals surface area contributed by atoms with Gasteiger partial charge in [0.1, 0.15) is 1.37 Å². The number of benzene rings is 2. The second kappa shape index (κ2) is 14.3. The monoisotopic (exact) mass is 517 g/mol. The molecule has 5 nitrogen and oxygen atoms in total. The summed E-state index contributed by atoms with van der Waals surface area (Å²) >= 11 is 0. The van der Waals surface area contributed by atoms with Crippen LogP contribution in [0.1, 0.15) is 1.37 Å². The molecule has 0 heterocycles. The molecule has 0 unspecified atom stereocenters. The van der Waals surface area contributed by atoms with Crippen LogP contribution in [0.25, 0.3) is 0 Å². The number of phenolic OH excluding ortho intramolecular Hbond substituents is 1. The van der Waals surface area contributed by atoms with Crippen molar-refractivity contribution in [3.63, 3.8) is 0 Å². The SMILES string of the molecule is C#CC(=O)O.C#CC(=O)Oc1c(F)c(F)c(F)c(F)c1F.Oc1c(F)c(F)c(F)c(F)c1F.[2H]C#C. The Morgan fingerprint density at radius 3 is 1.20 bits per heavy atom. The van der Waals surface area contributed by atoms with Crippen LogP contribution in [-0.4, -0.2) is 22.2 Å². The van der Waals surface area contributed by atoms with Crippen molar-refractivity contribution >= 4 is 11.9 Å². The fraction of sp³-hybridized carbons (Fsp3) is 0. The Morgan fingerprint density at radius 2 is 0.943 bits per heavy atom. The topological polar surface area (TPSA) is 83.8 Å². The number of ether oxygens (including phenoxy) is 1. The zero-order chi connectivity index (χ0) is 28.9. The summed E-state index contributed by atoms with van der Waals surface area (Å²) < 4.78 is 133. The van der Waals surface area contributed by atoms with Gasteiger partial charge in [0, 0.05) is 11.8 Å². The molecule has 15 heteroatoms. The van der Waals surface area contributed by atoms with E-state index in [1.54, 1.807) is 0 Å². The van der Waals surface area contributed by atoms with E-state index >= 15 is 0 Å². The summed E-state index contributed by atoms with van der Waals surface area (Å²) in [5.74, 6) is -26.1. The molecule has 0 aliphatic heterocycles. The lowest BCUT2D eigenvalue weighted by molar-refractivity contribution is -0.130. The number of aromatic hydroxyl groups is 1. The van der Waals surface area contributed by atoms with Gasteiger partial charge in [-0.1, -0.05) is 0 Å². The summed E-state index contributed by atoms with van der Waals surface area (Å²) in [6.45, 7) is 0. The molecule has 0 aliphatic rings. The maximum absolute atomic E-state index is 12.8. The van der Waals surface area contributed by atoms with Gasteiger partial charge >= 0.3 is 11.9 Å². The Hall–Kier alpha value is -4.84. The summed E-state index contributed by atoms with van der Waals surface area (Å²) in [5.41, 5.74) is 0. The summed E-state index contributed by atoms with van der Waals surface area (Å²) in [4.78, 5) is 19.6. The van der Waals surface area contributed by atoms with Crippen molar-refractivity contribution in [3.8, 4) is 49.0 Å². The Balaban J connectivity index is 0. The Morgan fingerprint density at radius 1 is 0.686 bits per heavy atom. The molecule has 2 rings (SSSR count). The molecule has 0 aromatic heterocycles. The van der Waals surface area contributed by atoms with Crippen molar-refractivity contribution in [1.82, 2.24) is 0 Å². The van der Waals surface area contributed by atoms with Crippen LogP contribution < -0.4 is 4.74 Å². The average Bonchev–Trinajstić information content (AvgIpc) is 2.86. The first kappa shape index (κ1) is 30.2. The van der Waals surface area contributed by atoms with Crippen molar-refractivity contribution in [2.75, 3.05) is 0 Å². The van der Waals surface area contributed by atoms with Gasteiger partial charge in [0.25, 0.3) is 0 Å². The Bertz CT molecular complexity index is 1140. The molecule has 186 valence electrons. The van der Waals surface area contributed by atoms with E-state index in [-0.39, 0.29) is 0 Å². The lowest BCUT2D eigenvalue weighted by Crippen LogP contribution is -2.11. The molecule has 2 aromatic carbocycles. The predicted molar refractivity (Wildman–Crippen MR) is 95.0 cm³/mol. The fourth-order valence-electron chi connectivity index (χ4n) is 1.39. The van der Waals surface area contributed by atoms with Crippen LogP contribution in [0.15, 0.2) is 0 Å². The molecule has 0 spiro atoms. The van der Waals surface area contributed by atoms with Gasteiger partial charge in [-0.2, -0.15) is 17.6 Å².